The predicted molar refractivity (Wildman–Crippen MR) is 81.2 cm³/mol. The molecule has 1 aromatic carbocycles. The standard InChI is InChI=1S/C12H13FN2O5S2/c13-10-2-1-8(5-11(10)15(17)18)14-12(16)6-21-9-3-4-22(19,20)7-9/h1-2,5,9H,3-4,6-7H2,(H,14,16)/t9-/m1/s1. The van der Waals surface area contributed by atoms with E-state index in [2.05, 4.69) is 5.32 Å². The van der Waals surface area contributed by atoms with Crippen LogP contribution in [-0.4, -0.2) is 41.8 Å². The van der Waals surface area contributed by atoms with Gasteiger partial charge in [-0.05, 0) is 18.6 Å². The van der Waals surface area contributed by atoms with Crippen molar-refractivity contribution >= 4 is 38.9 Å². The summed E-state index contributed by atoms with van der Waals surface area (Å²) in [6.45, 7) is 0. The van der Waals surface area contributed by atoms with Gasteiger partial charge in [0.05, 0.1) is 22.2 Å². The monoisotopic (exact) mass is 348 g/mol. The average molecular weight is 348 g/mol. The van der Waals surface area contributed by atoms with E-state index < -0.39 is 32.2 Å². The molecule has 0 aliphatic carbocycles. The van der Waals surface area contributed by atoms with Crippen LogP contribution in [-0.2, 0) is 14.6 Å². The Morgan fingerprint density at radius 1 is 1.50 bits per heavy atom. The summed E-state index contributed by atoms with van der Waals surface area (Å²) < 4.78 is 35.8. The summed E-state index contributed by atoms with van der Waals surface area (Å²) in [6, 6.07) is 3.08. The van der Waals surface area contributed by atoms with E-state index in [1.165, 1.54) is 17.8 Å². The van der Waals surface area contributed by atoms with Crippen molar-refractivity contribution in [1.29, 1.82) is 0 Å². The zero-order valence-corrected chi connectivity index (χ0v) is 13.0. The van der Waals surface area contributed by atoms with Gasteiger partial charge in [0.15, 0.2) is 9.84 Å². The van der Waals surface area contributed by atoms with E-state index >= 15 is 0 Å². The summed E-state index contributed by atoms with van der Waals surface area (Å²) >= 11 is 1.23. The maximum atomic E-state index is 13.2. The Morgan fingerprint density at radius 2 is 2.23 bits per heavy atom. The minimum atomic E-state index is -2.99. The summed E-state index contributed by atoms with van der Waals surface area (Å²) in [7, 11) is -2.99. The number of benzene rings is 1. The molecule has 1 N–H and O–H groups in total. The Bertz CT molecular complexity index is 707. The van der Waals surface area contributed by atoms with Gasteiger partial charge in [0.1, 0.15) is 0 Å². The highest BCUT2D eigenvalue weighted by atomic mass is 32.2. The molecule has 0 radical (unpaired) electrons. The van der Waals surface area contributed by atoms with Crippen molar-refractivity contribution in [2.45, 2.75) is 11.7 Å². The maximum absolute atomic E-state index is 13.2. The first-order valence-corrected chi connectivity index (χ1v) is 9.20. The molecule has 120 valence electrons. The molecular formula is C12H13FN2O5S2. The molecule has 0 saturated carbocycles. The second-order valence-corrected chi connectivity index (χ2v) is 8.32. The van der Waals surface area contributed by atoms with Crippen LogP contribution in [0.4, 0.5) is 15.8 Å². The van der Waals surface area contributed by atoms with Crippen molar-refractivity contribution in [3.8, 4) is 0 Å². The molecule has 1 aromatic rings. The van der Waals surface area contributed by atoms with Gasteiger partial charge in [-0.15, -0.1) is 11.8 Å². The number of hydrogen-bond acceptors (Lipinski definition) is 6. The quantitative estimate of drug-likeness (QED) is 0.640. The van der Waals surface area contributed by atoms with E-state index in [-0.39, 0.29) is 28.2 Å². The normalized spacial score (nSPS) is 19.8. The molecule has 1 aliphatic rings. The van der Waals surface area contributed by atoms with Gasteiger partial charge < -0.3 is 5.32 Å². The third kappa shape index (κ3) is 4.41. The number of nitro benzene ring substituents is 1. The van der Waals surface area contributed by atoms with Crippen LogP contribution < -0.4 is 5.32 Å². The lowest BCUT2D eigenvalue weighted by Crippen LogP contribution is -2.17. The van der Waals surface area contributed by atoms with E-state index in [9.17, 15) is 27.7 Å². The molecule has 1 fully saturated rings. The van der Waals surface area contributed by atoms with Crippen LogP contribution in [0.2, 0.25) is 0 Å². The largest absolute Gasteiger partial charge is 0.325 e. The highest BCUT2D eigenvalue weighted by Crippen LogP contribution is 2.25. The zero-order chi connectivity index (χ0) is 16.3. The molecule has 22 heavy (non-hydrogen) atoms. The minimum absolute atomic E-state index is 0.0331. The van der Waals surface area contributed by atoms with E-state index in [4.69, 9.17) is 0 Å². The average Bonchev–Trinajstić information content (AvgIpc) is 2.78. The molecule has 7 nitrogen and oxygen atoms in total. The van der Waals surface area contributed by atoms with Crippen molar-refractivity contribution in [1.82, 2.24) is 0 Å². The second-order valence-electron chi connectivity index (χ2n) is 4.81. The lowest BCUT2D eigenvalue weighted by molar-refractivity contribution is -0.387. The number of nitrogens with one attached hydrogen (secondary N) is 1. The molecule has 1 atom stereocenters. The number of nitrogens with zero attached hydrogens (tertiary/aromatic N) is 1. The topological polar surface area (TPSA) is 106 Å². The second kappa shape index (κ2) is 6.61. The number of amides is 1. The van der Waals surface area contributed by atoms with Gasteiger partial charge in [-0.1, -0.05) is 0 Å². The number of carbonyl (C=O) groups excluding carboxylic acids is 1. The van der Waals surface area contributed by atoms with E-state index in [0.717, 1.165) is 12.1 Å². The Labute approximate surface area is 130 Å². The van der Waals surface area contributed by atoms with Crippen molar-refractivity contribution in [3.63, 3.8) is 0 Å². The number of carbonyl (C=O) groups is 1. The van der Waals surface area contributed by atoms with Crippen LogP contribution >= 0.6 is 11.8 Å². The number of thioether (sulfide) groups is 1. The Morgan fingerprint density at radius 3 is 2.82 bits per heavy atom. The fourth-order valence-electron chi connectivity index (χ4n) is 2.01. The van der Waals surface area contributed by atoms with Crippen LogP contribution in [0, 0.1) is 15.9 Å². The van der Waals surface area contributed by atoms with E-state index in [0.29, 0.717) is 6.42 Å². The molecule has 10 heteroatoms. The molecule has 1 heterocycles. The molecule has 1 aliphatic heterocycles. The highest BCUT2D eigenvalue weighted by molar-refractivity contribution is 8.02. The van der Waals surface area contributed by atoms with Crippen molar-refractivity contribution in [2.75, 3.05) is 22.6 Å². The van der Waals surface area contributed by atoms with Crippen LogP contribution in [0.5, 0.6) is 0 Å². The van der Waals surface area contributed by atoms with Crippen molar-refractivity contribution < 1.29 is 22.5 Å². The molecule has 0 unspecified atom stereocenters. The van der Waals surface area contributed by atoms with Gasteiger partial charge >= 0.3 is 5.69 Å². The van der Waals surface area contributed by atoms with Gasteiger partial charge in [0.2, 0.25) is 11.7 Å². The molecule has 1 amide bonds. The Hall–Kier alpha value is -1.68. The summed E-state index contributed by atoms with van der Waals surface area (Å²) in [5.74, 6) is -1.17. The molecular weight excluding hydrogens is 335 g/mol. The van der Waals surface area contributed by atoms with Gasteiger partial charge in [-0.2, -0.15) is 4.39 Å². The van der Waals surface area contributed by atoms with Crippen LogP contribution in [0.15, 0.2) is 18.2 Å². The highest BCUT2D eigenvalue weighted by Gasteiger charge is 2.28. The van der Waals surface area contributed by atoms with Crippen molar-refractivity contribution in [3.05, 3.63) is 34.1 Å². The molecule has 0 aromatic heterocycles. The minimum Gasteiger partial charge on any atom is -0.325 e. The molecule has 2 rings (SSSR count). The Balaban J connectivity index is 1.90. The first-order valence-electron chi connectivity index (χ1n) is 6.33. The smallest absolute Gasteiger partial charge is 0.306 e. The van der Waals surface area contributed by atoms with Gasteiger partial charge in [-0.3, -0.25) is 14.9 Å². The lowest BCUT2D eigenvalue weighted by Gasteiger charge is -2.08. The predicted octanol–water partition coefficient (Wildman–Crippen LogP) is 1.59. The van der Waals surface area contributed by atoms with Gasteiger partial charge in [-0.25, -0.2) is 8.42 Å². The fourth-order valence-corrected chi connectivity index (χ4v) is 5.46. The number of hydrogen-bond donors (Lipinski definition) is 1. The number of rotatable bonds is 5. The Kier molecular flexibility index (Phi) is 5.01. The summed E-state index contributed by atoms with van der Waals surface area (Å²) in [6.07, 6.45) is 0.516. The van der Waals surface area contributed by atoms with Crippen molar-refractivity contribution in [2.24, 2.45) is 0 Å². The lowest BCUT2D eigenvalue weighted by atomic mass is 10.2. The molecule has 0 spiro atoms. The summed E-state index contributed by atoms with van der Waals surface area (Å²) in [4.78, 5) is 21.5. The summed E-state index contributed by atoms with van der Waals surface area (Å²) in [5.41, 5.74) is -0.593. The van der Waals surface area contributed by atoms with Crippen LogP contribution in [0.1, 0.15) is 6.42 Å². The van der Waals surface area contributed by atoms with Crippen LogP contribution in [0.3, 0.4) is 0 Å². The number of halogens is 1. The number of anilines is 1. The number of sulfone groups is 1. The van der Waals surface area contributed by atoms with Gasteiger partial charge in [0.25, 0.3) is 0 Å². The third-order valence-electron chi connectivity index (χ3n) is 3.07. The first kappa shape index (κ1) is 16.7. The van der Waals surface area contributed by atoms with E-state index in [1.807, 2.05) is 0 Å². The summed E-state index contributed by atoms with van der Waals surface area (Å²) in [5, 5.41) is 12.9. The first-order chi connectivity index (χ1) is 10.3. The fraction of sp³-hybridized carbons (Fsp3) is 0.417. The third-order valence-corrected chi connectivity index (χ3v) is 6.35. The number of nitro groups is 1. The molecule has 1 saturated heterocycles. The van der Waals surface area contributed by atoms with Gasteiger partial charge in [0, 0.05) is 17.0 Å². The SMILES string of the molecule is O=C(CS[C@@H]1CCS(=O)(=O)C1)Nc1ccc(F)c([N+](=O)[O-])c1. The zero-order valence-electron chi connectivity index (χ0n) is 11.3. The van der Waals surface area contributed by atoms with Crippen LogP contribution in [0.25, 0.3) is 0 Å². The van der Waals surface area contributed by atoms with E-state index in [1.54, 1.807) is 0 Å². The maximum Gasteiger partial charge on any atom is 0.306 e. The molecule has 0 bridgehead atoms.